The fraction of sp³-hybridized carbons (Fsp3) is 0.200. The van der Waals surface area contributed by atoms with Gasteiger partial charge in [0.1, 0.15) is 5.69 Å². The Kier molecular flexibility index (Phi) is 3.20. The highest BCUT2D eigenvalue weighted by atomic mass is 16.5. The molecule has 8 heteroatoms. The molecule has 0 aromatic carbocycles. The molecule has 2 aromatic rings. The van der Waals surface area contributed by atoms with Crippen LogP contribution in [0.1, 0.15) is 21.7 Å². The first-order valence-electron chi connectivity index (χ1n) is 5.14. The second kappa shape index (κ2) is 4.80. The van der Waals surface area contributed by atoms with Crippen LogP contribution in [0.4, 0.5) is 11.7 Å². The summed E-state index contributed by atoms with van der Waals surface area (Å²) in [5.41, 5.74) is 3.92. The zero-order valence-electron chi connectivity index (χ0n) is 9.89. The Morgan fingerprint density at radius 2 is 2.17 bits per heavy atom. The topological polar surface area (TPSA) is 119 Å². The maximum absolute atomic E-state index is 11.9. The van der Waals surface area contributed by atoms with Crippen molar-refractivity contribution in [2.24, 2.45) is 5.84 Å². The van der Waals surface area contributed by atoms with Gasteiger partial charge in [-0.25, -0.2) is 10.8 Å². The van der Waals surface area contributed by atoms with Crippen molar-refractivity contribution in [3.63, 3.8) is 0 Å². The Balaban J connectivity index is 2.19. The number of anilines is 2. The molecular weight excluding hydrogens is 236 g/mol. The molecule has 0 aliphatic heterocycles. The maximum Gasteiger partial charge on any atom is 0.278 e. The molecule has 8 nitrogen and oxygen atoms in total. The van der Waals surface area contributed by atoms with Crippen LogP contribution < -0.4 is 16.6 Å². The number of carbonyl (C=O) groups excluding carboxylic acids is 1. The van der Waals surface area contributed by atoms with Gasteiger partial charge in [0.25, 0.3) is 5.91 Å². The minimum absolute atomic E-state index is 0.124. The molecule has 2 aromatic heterocycles. The second-order valence-corrected chi connectivity index (χ2v) is 3.61. The predicted octanol–water partition coefficient (Wildman–Crippen LogP) is 0.619. The summed E-state index contributed by atoms with van der Waals surface area (Å²) in [6, 6.07) is 0. The first-order chi connectivity index (χ1) is 8.61. The third-order valence-corrected chi connectivity index (χ3v) is 2.40. The highest BCUT2D eigenvalue weighted by Gasteiger charge is 2.14. The number of nitrogen functional groups attached to an aromatic ring is 1. The van der Waals surface area contributed by atoms with Gasteiger partial charge in [-0.1, -0.05) is 5.16 Å². The number of aromatic nitrogens is 3. The zero-order valence-corrected chi connectivity index (χ0v) is 9.89. The van der Waals surface area contributed by atoms with E-state index in [1.165, 1.54) is 12.4 Å². The standard InChI is InChI=1S/C10H12N6O2/c1-5-6(2)16-18-10(5)14-9(17)7-3-12-4-8(13-7)15-11/h3-4H,11H2,1-2H3,(H,13,15)(H,14,17). The lowest BCUT2D eigenvalue weighted by Gasteiger charge is -2.03. The van der Waals surface area contributed by atoms with Gasteiger partial charge in [-0.3, -0.25) is 15.1 Å². The van der Waals surface area contributed by atoms with Crippen molar-refractivity contribution >= 4 is 17.6 Å². The van der Waals surface area contributed by atoms with E-state index in [2.05, 4.69) is 25.9 Å². The molecular formula is C10H12N6O2. The molecule has 0 aliphatic rings. The van der Waals surface area contributed by atoms with Gasteiger partial charge in [0.15, 0.2) is 5.82 Å². The molecule has 0 fully saturated rings. The first kappa shape index (κ1) is 12.0. The summed E-state index contributed by atoms with van der Waals surface area (Å²) in [5, 5.41) is 6.30. The quantitative estimate of drug-likeness (QED) is 0.538. The van der Waals surface area contributed by atoms with Crippen molar-refractivity contribution in [3.8, 4) is 0 Å². The van der Waals surface area contributed by atoms with E-state index in [0.29, 0.717) is 17.4 Å². The van der Waals surface area contributed by atoms with Crippen molar-refractivity contribution in [1.82, 2.24) is 15.1 Å². The number of aryl methyl sites for hydroxylation is 1. The Bertz CT molecular complexity index is 579. The summed E-state index contributed by atoms with van der Waals surface area (Å²) in [5.74, 6) is 5.34. The molecule has 0 radical (unpaired) electrons. The van der Waals surface area contributed by atoms with Crippen LogP contribution in [0.15, 0.2) is 16.9 Å². The van der Waals surface area contributed by atoms with E-state index < -0.39 is 5.91 Å². The first-order valence-corrected chi connectivity index (χ1v) is 5.14. The fourth-order valence-corrected chi connectivity index (χ4v) is 1.24. The molecule has 0 aliphatic carbocycles. The Labute approximate surface area is 103 Å². The Morgan fingerprint density at radius 1 is 1.39 bits per heavy atom. The van der Waals surface area contributed by atoms with Gasteiger partial charge >= 0.3 is 0 Å². The number of hydrazine groups is 1. The van der Waals surface area contributed by atoms with Crippen molar-refractivity contribution in [3.05, 3.63) is 29.3 Å². The highest BCUT2D eigenvalue weighted by Crippen LogP contribution is 2.17. The second-order valence-electron chi connectivity index (χ2n) is 3.61. The number of hydrogen-bond donors (Lipinski definition) is 3. The summed E-state index contributed by atoms with van der Waals surface area (Å²) in [6.07, 6.45) is 2.73. The maximum atomic E-state index is 11.9. The molecule has 18 heavy (non-hydrogen) atoms. The Hall–Kier alpha value is -2.48. The summed E-state index contributed by atoms with van der Waals surface area (Å²) >= 11 is 0. The molecule has 94 valence electrons. The minimum atomic E-state index is -0.446. The molecule has 0 bridgehead atoms. The van der Waals surface area contributed by atoms with E-state index in [1.54, 1.807) is 13.8 Å². The molecule has 0 atom stereocenters. The van der Waals surface area contributed by atoms with E-state index in [9.17, 15) is 4.79 Å². The van der Waals surface area contributed by atoms with Crippen LogP contribution in [0.2, 0.25) is 0 Å². The smallest absolute Gasteiger partial charge is 0.278 e. The van der Waals surface area contributed by atoms with Crippen LogP contribution in [0, 0.1) is 13.8 Å². The summed E-state index contributed by atoms with van der Waals surface area (Å²) in [7, 11) is 0. The van der Waals surface area contributed by atoms with Gasteiger partial charge in [0.05, 0.1) is 18.1 Å². The third kappa shape index (κ3) is 2.28. The molecule has 0 saturated carbocycles. The number of nitrogens with zero attached hydrogens (tertiary/aromatic N) is 3. The number of amides is 1. The van der Waals surface area contributed by atoms with Crippen molar-refractivity contribution in [1.29, 1.82) is 0 Å². The van der Waals surface area contributed by atoms with E-state index in [1.807, 2.05) is 0 Å². The van der Waals surface area contributed by atoms with Crippen LogP contribution >= 0.6 is 0 Å². The van der Waals surface area contributed by atoms with Gasteiger partial charge in [0.2, 0.25) is 5.88 Å². The van der Waals surface area contributed by atoms with E-state index in [0.717, 1.165) is 5.56 Å². The summed E-state index contributed by atoms with van der Waals surface area (Å²) in [4.78, 5) is 19.7. The molecule has 0 saturated heterocycles. The summed E-state index contributed by atoms with van der Waals surface area (Å²) < 4.78 is 4.97. The predicted molar refractivity (Wildman–Crippen MR) is 63.8 cm³/mol. The van der Waals surface area contributed by atoms with Crippen molar-refractivity contribution < 1.29 is 9.32 Å². The van der Waals surface area contributed by atoms with Gasteiger partial charge in [-0.2, -0.15) is 0 Å². The normalized spacial score (nSPS) is 10.2. The molecule has 4 N–H and O–H groups in total. The van der Waals surface area contributed by atoms with Crippen LogP contribution in [-0.2, 0) is 0 Å². The monoisotopic (exact) mass is 248 g/mol. The lowest BCUT2D eigenvalue weighted by Crippen LogP contribution is -2.16. The molecule has 2 rings (SSSR count). The number of nitrogens with two attached hydrogens (primary N) is 1. The van der Waals surface area contributed by atoms with Crippen molar-refractivity contribution in [2.75, 3.05) is 10.7 Å². The number of rotatable bonds is 3. The summed E-state index contributed by atoms with van der Waals surface area (Å²) in [6.45, 7) is 3.58. The zero-order chi connectivity index (χ0) is 13.1. The highest BCUT2D eigenvalue weighted by molar-refractivity contribution is 6.02. The third-order valence-electron chi connectivity index (χ3n) is 2.40. The van der Waals surface area contributed by atoms with E-state index in [-0.39, 0.29) is 5.69 Å². The molecule has 2 heterocycles. The number of carbonyl (C=O) groups is 1. The molecule has 0 spiro atoms. The van der Waals surface area contributed by atoms with Crippen molar-refractivity contribution in [2.45, 2.75) is 13.8 Å². The largest absolute Gasteiger partial charge is 0.338 e. The van der Waals surface area contributed by atoms with Crippen LogP contribution in [0.5, 0.6) is 0 Å². The van der Waals surface area contributed by atoms with Gasteiger partial charge in [-0.15, -0.1) is 0 Å². The van der Waals surface area contributed by atoms with Crippen LogP contribution in [-0.4, -0.2) is 21.0 Å². The SMILES string of the molecule is Cc1noc(NC(=O)c2cncc(NN)n2)c1C. The lowest BCUT2D eigenvalue weighted by molar-refractivity contribution is 0.101. The molecule has 1 amide bonds. The average Bonchev–Trinajstić information content (AvgIpc) is 2.71. The molecule has 0 unspecified atom stereocenters. The van der Waals surface area contributed by atoms with Gasteiger partial charge in [-0.05, 0) is 13.8 Å². The Morgan fingerprint density at radius 3 is 2.78 bits per heavy atom. The van der Waals surface area contributed by atoms with E-state index in [4.69, 9.17) is 10.4 Å². The van der Waals surface area contributed by atoms with Gasteiger partial charge in [0, 0.05) is 5.56 Å². The number of hydrogen-bond acceptors (Lipinski definition) is 7. The van der Waals surface area contributed by atoms with Gasteiger partial charge < -0.3 is 9.95 Å². The van der Waals surface area contributed by atoms with Crippen LogP contribution in [0.3, 0.4) is 0 Å². The lowest BCUT2D eigenvalue weighted by atomic mass is 10.3. The number of nitrogens with one attached hydrogen (secondary N) is 2. The minimum Gasteiger partial charge on any atom is -0.338 e. The average molecular weight is 248 g/mol. The van der Waals surface area contributed by atoms with E-state index >= 15 is 0 Å². The fourth-order valence-electron chi connectivity index (χ4n) is 1.24. The van der Waals surface area contributed by atoms with Crippen LogP contribution in [0.25, 0.3) is 0 Å².